The molecule has 2 aromatic rings. The molecule has 2 N–H and O–H groups in total. The molecule has 0 aromatic carbocycles. The van der Waals surface area contributed by atoms with Gasteiger partial charge in [0.15, 0.2) is 5.65 Å². The molecule has 1 aliphatic carbocycles. The largest absolute Gasteiger partial charge is 0.480 e. The zero-order chi connectivity index (χ0) is 17.4. The van der Waals surface area contributed by atoms with Crippen LogP contribution in [0, 0.1) is 13.8 Å². The Hall–Kier alpha value is -2.64. The van der Waals surface area contributed by atoms with Crippen LogP contribution in [0.2, 0.25) is 0 Å². The maximum absolute atomic E-state index is 12.7. The van der Waals surface area contributed by atoms with Crippen LogP contribution >= 0.6 is 0 Å². The second-order valence-corrected chi connectivity index (χ2v) is 6.25. The van der Waals surface area contributed by atoms with Crippen molar-refractivity contribution in [3.63, 3.8) is 0 Å². The number of aryl methyl sites for hydroxylation is 2. The molecule has 0 bridgehead atoms. The first-order chi connectivity index (χ1) is 11.4. The molecule has 1 aliphatic rings. The van der Waals surface area contributed by atoms with Gasteiger partial charge < -0.3 is 10.0 Å². The second-order valence-electron chi connectivity index (χ2n) is 6.25. The Bertz CT molecular complexity index is 863. The number of fused-ring (bicyclic) bond motifs is 1. The predicted molar refractivity (Wildman–Crippen MR) is 86.0 cm³/mol. The van der Waals surface area contributed by atoms with Crippen LogP contribution in [0.5, 0.6) is 0 Å². The van der Waals surface area contributed by atoms with Crippen LogP contribution in [-0.2, 0) is 16.0 Å². The van der Waals surface area contributed by atoms with Crippen molar-refractivity contribution in [2.45, 2.75) is 45.6 Å². The van der Waals surface area contributed by atoms with Crippen LogP contribution in [0.15, 0.2) is 10.9 Å². The third-order valence-electron chi connectivity index (χ3n) is 4.67. The summed E-state index contributed by atoms with van der Waals surface area (Å²) in [6.45, 7) is 3.32. The number of carboxylic acids is 1. The Balaban J connectivity index is 1.91. The Morgan fingerprint density at radius 1 is 1.42 bits per heavy atom. The number of hydrogen-bond acceptors (Lipinski definition) is 4. The van der Waals surface area contributed by atoms with Gasteiger partial charge in [0.2, 0.25) is 5.91 Å². The van der Waals surface area contributed by atoms with E-state index in [2.05, 4.69) is 10.1 Å². The van der Waals surface area contributed by atoms with Gasteiger partial charge in [-0.25, -0.2) is 9.50 Å². The van der Waals surface area contributed by atoms with E-state index in [-0.39, 0.29) is 30.5 Å². The van der Waals surface area contributed by atoms with Crippen molar-refractivity contribution in [1.82, 2.24) is 19.5 Å². The van der Waals surface area contributed by atoms with E-state index in [1.807, 2.05) is 6.92 Å². The number of nitrogens with one attached hydrogen (secondary N) is 1. The highest BCUT2D eigenvalue weighted by Crippen LogP contribution is 2.26. The summed E-state index contributed by atoms with van der Waals surface area (Å²) in [4.78, 5) is 41.1. The zero-order valence-electron chi connectivity index (χ0n) is 13.7. The number of aromatic amines is 1. The number of hydrogen-bond donors (Lipinski definition) is 2. The zero-order valence-corrected chi connectivity index (χ0v) is 13.7. The molecule has 2 heterocycles. The number of carbonyl (C=O) groups is 2. The molecular weight excluding hydrogens is 312 g/mol. The Morgan fingerprint density at radius 2 is 2.12 bits per heavy atom. The topological polar surface area (TPSA) is 108 Å². The average molecular weight is 332 g/mol. The minimum absolute atomic E-state index is 0.0114. The quantitative estimate of drug-likeness (QED) is 0.836. The van der Waals surface area contributed by atoms with E-state index in [4.69, 9.17) is 5.11 Å². The van der Waals surface area contributed by atoms with Crippen molar-refractivity contribution < 1.29 is 14.7 Å². The molecule has 1 fully saturated rings. The van der Waals surface area contributed by atoms with E-state index in [9.17, 15) is 14.4 Å². The van der Waals surface area contributed by atoms with Crippen LogP contribution < -0.4 is 5.56 Å². The van der Waals surface area contributed by atoms with Crippen molar-refractivity contribution in [1.29, 1.82) is 0 Å². The Labute approximate surface area is 138 Å². The molecule has 0 aliphatic heterocycles. The molecule has 1 amide bonds. The van der Waals surface area contributed by atoms with Crippen molar-refractivity contribution in [3.8, 4) is 0 Å². The summed E-state index contributed by atoms with van der Waals surface area (Å²) in [5, 5.41) is 11.7. The maximum Gasteiger partial charge on any atom is 0.323 e. The monoisotopic (exact) mass is 332 g/mol. The number of nitrogens with zero attached hydrogens (tertiary/aromatic N) is 3. The molecule has 8 heteroatoms. The highest BCUT2D eigenvalue weighted by molar-refractivity contribution is 5.83. The van der Waals surface area contributed by atoms with E-state index in [0.29, 0.717) is 16.9 Å². The third-order valence-corrected chi connectivity index (χ3v) is 4.67. The lowest BCUT2D eigenvalue weighted by atomic mass is 9.91. The van der Waals surface area contributed by atoms with Crippen molar-refractivity contribution >= 4 is 17.5 Å². The molecule has 1 saturated carbocycles. The first kappa shape index (κ1) is 16.2. The first-order valence-electron chi connectivity index (χ1n) is 7.96. The molecule has 0 atom stereocenters. The molecule has 0 saturated heterocycles. The predicted octanol–water partition coefficient (Wildman–Crippen LogP) is 0.648. The summed E-state index contributed by atoms with van der Waals surface area (Å²) in [6, 6.07) is 1.41. The van der Waals surface area contributed by atoms with Crippen LogP contribution in [0.4, 0.5) is 0 Å². The highest BCUT2D eigenvalue weighted by Gasteiger charge is 2.30. The minimum atomic E-state index is -1.01. The highest BCUT2D eigenvalue weighted by atomic mass is 16.4. The number of carbonyl (C=O) groups excluding carboxylic acids is 1. The summed E-state index contributed by atoms with van der Waals surface area (Å²) in [6.07, 6.45) is 2.78. The maximum atomic E-state index is 12.7. The fraction of sp³-hybridized carbons (Fsp3) is 0.500. The number of carboxylic acid groups (broad SMARTS) is 1. The molecule has 0 radical (unpaired) electrons. The number of aliphatic carboxylic acids is 1. The number of rotatable bonds is 5. The van der Waals surface area contributed by atoms with Gasteiger partial charge in [-0.2, -0.15) is 0 Å². The van der Waals surface area contributed by atoms with Gasteiger partial charge in [0.05, 0.1) is 6.42 Å². The molecular formula is C16H20N4O4. The van der Waals surface area contributed by atoms with Crippen molar-refractivity contribution in [2.75, 3.05) is 6.54 Å². The van der Waals surface area contributed by atoms with Crippen molar-refractivity contribution in [3.05, 3.63) is 33.4 Å². The average Bonchev–Trinajstić information content (AvgIpc) is 2.80. The Kier molecular flexibility index (Phi) is 4.13. The van der Waals surface area contributed by atoms with E-state index in [0.717, 1.165) is 25.0 Å². The SMILES string of the molecule is Cc1nc2cc(=O)[nH]n2c(C)c1CC(=O)N(CC(=O)O)C1CCC1. The van der Waals surface area contributed by atoms with Gasteiger partial charge in [-0.05, 0) is 33.1 Å². The van der Waals surface area contributed by atoms with Crippen LogP contribution in [0.1, 0.15) is 36.2 Å². The van der Waals surface area contributed by atoms with Gasteiger partial charge >= 0.3 is 5.97 Å². The van der Waals surface area contributed by atoms with Crippen molar-refractivity contribution in [2.24, 2.45) is 0 Å². The molecule has 24 heavy (non-hydrogen) atoms. The standard InChI is InChI=1S/C16H20N4O4/c1-9-12(10(2)20-13(17-9)7-14(21)18-20)6-15(22)19(8-16(23)24)11-4-3-5-11/h7,11H,3-6,8H2,1-2H3,(H,18,21)(H,23,24). The summed E-state index contributed by atoms with van der Waals surface area (Å²) in [5.41, 5.74) is 2.37. The summed E-state index contributed by atoms with van der Waals surface area (Å²) < 4.78 is 1.56. The normalized spacial score (nSPS) is 14.6. The summed E-state index contributed by atoms with van der Waals surface area (Å²) >= 11 is 0. The molecule has 128 valence electrons. The number of aromatic nitrogens is 3. The van der Waals surface area contributed by atoms with Crippen LogP contribution in [-0.4, -0.2) is 49.1 Å². The molecule has 3 rings (SSSR count). The van der Waals surface area contributed by atoms with Gasteiger partial charge in [0.1, 0.15) is 6.54 Å². The molecule has 2 aromatic heterocycles. The second kappa shape index (κ2) is 6.10. The fourth-order valence-corrected chi connectivity index (χ4v) is 3.13. The Morgan fingerprint density at radius 3 is 2.71 bits per heavy atom. The van der Waals surface area contributed by atoms with Gasteiger partial charge in [-0.3, -0.25) is 19.5 Å². The van der Waals surface area contributed by atoms with Crippen LogP contribution in [0.3, 0.4) is 0 Å². The van der Waals surface area contributed by atoms with Gasteiger partial charge in [-0.1, -0.05) is 0 Å². The first-order valence-corrected chi connectivity index (χ1v) is 7.96. The lowest BCUT2D eigenvalue weighted by Gasteiger charge is -2.36. The molecule has 8 nitrogen and oxygen atoms in total. The van der Waals surface area contributed by atoms with Crippen LogP contribution in [0.25, 0.3) is 5.65 Å². The van der Waals surface area contributed by atoms with Gasteiger partial charge in [-0.15, -0.1) is 0 Å². The smallest absolute Gasteiger partial charge is 0.323 e. The lowest BCUT2D eigenvalue weighted by Crippen LogP contribution is -2.47. The third kappa shape index (κ3) is 2.91. The molecule has 0 spiro atoms. The number of H-pyrrole nitrogens is 1. The van der Waals surface area contributed by atoms with E-state index >= 15 is 0 Å². The number of amides is 1. The van der Waals surface area contributed by atoms with E-state index in [1.165, 1.54) is 11.0 Å². The van der Waals surface area contributed by atoms with E-state index < -0.39 is 5.97 Å². The lowest BCUT2D eigenvalue weighted by molar-refractivity contribution is -0.147. The van der Waals surface area contributed by atoms with Gasteiger partial charge in [0.25, 0.3) is 5.56 Å². The van der Waals surface area contributed by atoms with Gasteiger partial charge in [0, 0.05) is 29.1 Å². The fourth-order valence-electron chi connectivity index (χ4n) is 3.13. The minimum Gasteiger partial charge on any atom is -0.480 e. The summed E-state index contributed by atoms with van der Waals surface area (Å²) in [5.74, 6) is -1.23. The summed E-state index contributed by atoms with van der Waals surface area (Å²) in [7, 11) is 0. The molecule has 0 unspecified atom stereocenters. The van der Waals surface area contributed by atoms with E-state index in [1.54, 1.807) is 11.4 Å².